The summed E-state index contributed by atoms with van der Waals surface area (Å²) in [4.78, 5) is 72.9. The van der Waals surface area contributed by atoms with Gasteiger partial charge in [0.05, 0.1) is 26.4 Å². The largest absolute Gasteiger partial charge is 0.472 e. The van der Waals surface area contributed by atoms with E-state index in [1.54, 1.807) is 0 Å². The highest BCUT2D eigenvalue weighted by Gasteiger charge is 2.30. The molecule has 0 bridgehead atoms. The van der Waals surface area contributed by atoms with Crippen LogP contribution >= 0.6 is 15.6 Å². The van der Waals surface area contributed by atoms with Gasteiger partial charge in [0.1, 0.15) is 19.3 Å². The highest BCUT2D eigenvalue weighted by atomic mass is 31.2. The lowest BCUT2D eigenvalue weighted by atomic mass is 9.99. The van der Waals surface area contributed by atoms with Gasteiger partial charge in [0.15, 0.2) is 12.2 Å². The van der Waals surface area contributed by atoms with Gasteiger partial charge in [-0.25, -0.2) is 9.13 Å². The molecule has 17 nitrogen and oxygen atoms in total. The lowest BCUT2D eigenvalue weighted by Gasteiger charge is -2.21. The van der Waals surface area contributed by atoms with Crippen molar-refractivity contribution in [3.8, 4) is 0 Å². The molecule has 3 unspecified atom stereocenters. The Morgan fingerprint density at radius 2 is 0.520 bits per heavy atom. The van der Waals surface area contributed by atoms with Crippen LogP contribution in [0.15, 0.2) is 0 Å². The Morgan fingerprint density at radius 1 is 0.296 bits per heavy atom. The molecular weight excluding hydrogens is 1280 g/mol. The van der Waals surface area contributed by atoms with Crippen LogP contribution in [0.4, 0.5) is 0 Å². The van der Waals surface area contributed by atoms with E-state index in [2.05, 4.69) is 41.5 Å². The number of unbranched alkanes of at least 4 members (excludes halogenated alkanes) is 47. The van der Waals surface area contributed by atoms with Gasteiger partial charge in [-0.15, -0.1) is 0 Å². The number of carbonyl (C=O) groups excluding carboxylic acids is 4. The van der Waals surface area contributed by atoms with Gasteiger partial charge in [-0.2, -0.15) is 0 Å². The van der Waals surface area contributed by atoms with Gasteiger partial charge >= 0.3 is 39.5 Å². The first-order valence-corrected chi connectivity index (χ1v) is 44.0. The molecule has 0 amide bonds. The van der Waals surface area contributed by atoms with Crippen LogP contribution in [0.2, 0.25) is 0 Å². The predicted octanol–water partition coefficient (Wildman–Crippen LogP) is 23.5. The SMILES string of the molecule is CCCCCCCCCCCCCCCCCCCCCCCCC(=O)O[C@H](COC(=O)CCCCCCCCCCCCC(C)C)COP(=O)(O)OC[C@@H](O)COP(=O)(O)OC[C@@H](COC(=O)CCCCCCCCCCCCC)OC(=O)CCCCCCCCCCC(C)CC. The third kappa shape index (κ3) is 71.1. The van der Waals surface area contributed by atoms with E-state index in [4.69, 9.17) is 37.0 Å². The average molecular weight is 1440 g/mol. The van der Waals surface area contributed by atoms with Gasteiger partial charge in [-0.3, -0.25) is 37.3 Å². The summed E-state index contributed by atoms with van der Waals surface area (Å²) in [5.41, 5.74) is 0. The Labute approximate surface area is 600 Å². The third-order valence-corrected chi connectivity index (χ3v) is 20.7. The van der Waals surface area contributed by atoms with Crippen LogP contribution in [0, 0.1) is 11.8 Å². The van der Waals surface area contributed by atoms with Crippen molar-refractivity contribution in [2.75, 3.05) is 39.6 Å². The standard InChI is InChI=1S/C79H154O17P2/c1-7-10-12-14-16-18-20-21-22-23-24-25-26-27-28-29-30-32-38-45-51-57-63-78(83)95-74(67-90-77(82)62-56-50-44-37-34-33-35-41-47-53-59-71(4)5)69-93-97(85,86)91-65-73(80)66-92-98(87,88)94-70-75(68-89-76(81)61-55-49-43-36-31-19-17-15-13-11-8-2)96-79(84)64-58-52-46-40-39-42-48-54-60-72(6)9-3/h71-75,80H,7-70H2,1-6H3,(H,85,86)(H,87,88)/t72?,73-,74-,75-/m1/s1. The lowest BCUT2D eigenvalue weighted by Crippen LogP contribution is -2.30. The molecule has 0 saturated carbocycles. The smallest absolute Gasteiger partial charge is 0.462 e. The van der Waals surface area contributed by atoms with Crippen molar-refractivity contribution in [2.24, 2.45) is 11.8 Å². The molecule has 3 N–H and O–H groups in total. The number of aliphatic hydroxyl groups is 1. The molecule has 0 aliphatic carbocycles. The van der Waals surface area contributed by atoms with E-state index in [1.165, 1.54) is 231 Å². The molecule has 6 atom stereocenters. The number of phosphoric acid groups is 2. The fourth-order valence-electron chi connectivity index (χ4n) is 12.2. The maximum atomic E-state index is 13.1. The molecule has 0 aliphatic rings. The summed E-state index contributed by atoms with van der Waals surface area (Å²) in [6, 6.07) is 0. The molecule has 0 heterocycles. The second kappa shape index (κ2) is 70.7. The second-order valence-corrected chi connectivity index (χ2v) is 32.1. The monoisotopic (exact) mass is 1440 g/mol. The summed E-state index contributed by atoms with van der Waals surface area (Å²) < 4.78 is 68.6. The topological polar surface area (TPSA) is 237 Å². The van der Waals surface area contributed by atoms with E-state index >= 15 is 0 Å². The van der Waals surface area contributed by atoms with E-state index in [0.29, 0.717) is 25.7 Å². The maximum absolute atomic E-state index is 13.1. The van der Waals surface area contributed by atoms with Gasteiger partial charge in [-0.1, -0.05) is 363 Å². The van der Waals surface area contributed by atoms with Gasteiger partial charge in [-0.05, 0) is 37.5 Å². The summed E-state index contributed by atoms with van der Waals surface area (Å²) in [6.07, 6.45) is 59.7. The minimum Gasteiger partial charge on any atom is -0.462 e. The fourth-order valence-corrected chi connectivity index (χ4v) is 13.7. The van der Waals surface area contributed by atoms with Crippen molar-refractivity contribution in [3.05, 3.63) is 0 Å². The molecule has 0 aliphatic heterocycles. The molecule has 19 heteroatoms. The Balaban J connectivity index is 5.20. The molecule has 98 heavy (non-hydrogen) atoms. The second-order valence-electron chi connectivity index (χ2n) is 29.2. The van der Waals surface area contributed by atoms with Crippen molar-refractivity contribution in [2.45, 2.75) is 432 Å². The van der Waals surface area contributed by atoms with Crippen molar-refractivity contribution < 1.29 is 80.2 Å². The van der Waals surface area contributed by atoms with Crippen LogP contribution in [0.5, 0.6) is 0 Å². The molecule has 0 fully saturated rings. The third-order valence-electron chi connectivity index (χ3n) is 18.8. The van der Waals surface area contributed by atoms with Crippen LogP contribution in [-0.4, -0.2) is 96.7 Å². The molecule has 0 saturated heterocycles. The van der Waals surface area contributed by atoms with Crippen molar-refractivity contribution in [1.82, 2.24) is 0 Å². The normalized spacial score (nSPS) is 14.2. The lowest BCUT2D eigenvalue weighted by molar-refractivity contribution is -0.161. The van der Waals surface area contributed by atoms with E-state index in [-0.39, 0.29) is 25.7 Å². The number of hydrogen-bond donors (Lipinski definition) is 3. The zero-order valence-corrected chi connectivity index (χ0v) is 65.9. The number of carbonyl (C=O) groups is 4. The molecule has 0 aromatic heterocycles. The van der Waals surface area contributed by atoms with Gasteiger partial charge in [0, 0.05) is 25.7 Å². The summed E-state index contributed by atoms with van der Waals surface area (Å²) >= 11 is 0. The minimum absolute atomic E-state index is 0.105. The summed E-state index contributed by atoms with van der Waals surface area (Å²) in [5.74, 6) is -0.586. The van der Waals surface area contributed by atoms with Gasteiger partial charge in [0.2, 0.25) is 0 Å². The number of phosphoric ester groups is 2. The molecule has 0 rings (SSSR count). The summed E-state index contributed by atoms with van der Waals surface area (Å²) in [6.45, 7) is 9.60. The molecule has 0 radical (unpaired) electrons. The fraction of sp³-hybridized carbons (Fsp3) is 0.949. The van der Waals surface area contributed by atoms with Crippen molar-refractivity contribution >= 4 is 39.5 Å². The zero-order chi connectivity index (χ0) is 72.1. The highest BCUT2D eigenvalue weighted by molar-refractivity contribution is 7.47. The minimum atomic E-state index is -4.96. The number of hydrogen-bond acceptors (Lipinski definition) is 15. The number of aliphatic hydroxyl groups excluding tert-OH is 1. The number of rotatable bonds is 78. The maximum Gasteiger partial charge on any atom is 0.472 e. The zero-order valence-electron chi connectivity index (χ0n) is 64.1. The van der Waals surface area contributed by atoms with E-state index in [0.717, 1.165) is 102 Å². The summed E-state index contributed by atoms with van der Waals surface area (Å²) in [5, 5.41) is 10.6. The van der Waals surface area contributed by atoms with Crippen LogP contribution in [0.1, 0.15) is 414 Å². The molecular formula is C79H154O17P2. The van der Waals surface area contributed by atoms with Crippen molar-refractivity contribution in [1.29, 1.82) is 0 Å². The number of ether oxygens (including phenoxy) is 4. The Hall–Kier alpha value is -1.94. The first-order chi connectivity index (χ1) is 47.4. The van der Waals surface area contributed by atoms with Gasteiger partial charge in [0.25, 0.3) is 0 Å². The first kappa shape index (κ1) is 96.1. The Bertz CT molecular complexity index is 1890. The van der Waals surface area contributed by atoms with E-state index in [9.17, 15) is 43.2 Å². The van der Waals surface area contributed by atoms with Crippen LogP contribution in [0.3, 0.4) is 0 Å². The molecule has 0 aromatic carbocycles. The molecule has 0 aromatic rings. The Kier molecular flexibility index (Phi) is 69.3. The van der Waals surface area contributed by atoms with Gasteiger partial charge < -0.3 is 33.8 Å². The average Bonchev–Trinajstić information content (AvgIpc) is 1.22. The quantitative estimate of drug-likeness (QED) is 0.0222. The predicted molar refractivity (Wildman–Crippen MR) is 400 cm³/mol. The summed E-state index contributed by atoms with van der Waals surface area (Å²) in [7, 11) is -9.91. The molecule has 582 valence electrons. The Morgan fingerprint density at radius 3 is 0.776 bits per heavy atom. The van der Waals surface area contributed by atoms with Crippen molar-refractivity contribution in [3.63, 3.8) is 0 Å². The highest BCUT2D eigenvalue weighted by Crippen LogP contribution is 2.45. The molecule has 0 spiro atoms. The van der Waals surface area contributed by atoms with E-state index in [1.807, 2.05) is 0 Å². The van der Waals surface area contributed by atoms with Crippen LogP contribution < -0.4 is 0 Å². The number of esters is 4. The van der Waals surface area contributed by atoms with Crippen LogP contribution in [0.25, 0.3) is 0 Å². The van der Waals surface area contributed by atoms with Crippen LogP contribution in [-0.2, 0) is 65.4 Å². The van der Waals surface area contributed by atoms with E-state index < -0.39 is 97.5 Å². The first-order valence-electron chi connectivity index (χ1n) is 41.0.